The molecule has 2 N–H and O–H groups in total. The molecule has 3 heteroatoms. The monoisotopic (exact) mass is 688 g/mol. The molecule has 0 spiro atoms. The van der Waals surface area contributed by atoms with Crippen molar-refractivity contribution in [3.8, 4) is 0 Å². The van der Waals surface area contributed by atoms with Gasteiger partial charge in [0.25, 0.3) is 0 Å². The Morgan fingerprint density at radius 1 is 0.774 bits per heavy atom. The van der Waals surface area contributed by atoms with E-state index < -0.39 is 0 Å². The van der Waals surface area contributed by atoms with Gasteiger partial charge in [0.05, 0.1) is 17.1 Å². The van der Waals surface area contributed by atoms with Crippen molar-refractivity contribution < 1.29 is 4.74 Å². The second-order valence-electron chi connectivity index (χ2n) is 14.9. The highest BCUT2D eigenvalue weighted by atomic mass is 16.5. The maximum absolute atomic E-state index is 6.96. The Morgan fingerprint density at radius 3 is 2.25 bits per heavy atom. The topological polar surface area (TPSA) is 47.6 Å². The van der Waals surface area contributed by atoms with Crippen LogP contribution in [0.3, 0.4) is 0 Å². The normalized spacial score (nSPS) is 19.4. The molecular formula is C50H44N2O. The van der Waals surface area contributed by atoms with Gasteiger partial charge in [0, 0.05) is 39.8 Å². The van der Waals surface area contributed by atoms with Crippen LogP contribution in [0.1, 0.15) is 74.6 Å². The molecule has 1 heterocycles. The molecule has 0 saturated heterocycles. The number of fused-ring (bicyclic) bond motifs is 5. The van der Waals surface area contributed by atoms with Crippen LogP contribution < -0.4 is 5.73 Å². The van der Waals surface area contributed by atoms with Crippen LogP contribution in [0.5, 0.6) is 0 Å². The zero-order valence-electron chi connectivity index (χ0n) is 30.7. The first-order chi connectivity index (χ1) is 25.9. The molecule has 0 radical (unpaired) electrons. The molecule has 0 bridgehead atoms. The Labute approximate surface area is 312 Å². The minimum Gasteiger partial charge on any atom is -0.488 e. The van der Waals surface area contributed by atoms with Crippen molar-refractivity contribution in [3.05, 3.63) is 190 Å². The molecule has 1 unspecified atom stereocenters. The molecule has 3 nitrogen and oxygen atoms in total. The molecule has 0 aromatic heterocycles. The van der Waals surface area contributed by atoms with Crippen LogP contribution in [-0.2, 0) is 4.74 Å². The minimum atomic E-state index is 0.0459. The maximum Gasteiger partial charge on any atom is 0.134 e. The molecule has 3 aliphatic carbocycles. The summed E-state index contributed by atoms with van der Waals surface area (Å²) in [5.41, 5.74) is 22.0. The summed E-state index contributed by atoms with van der Waals surface area (Å²) in [6.45, 7) is 6.49. The van der Waals surface area contributed by atoms with Crippen molar-refractivity contribution in [2.24, 2.45) is 4.99 Å². The van der Waals surface area contributed by atoms with Gasteiger partial charge in [-0.05, 0) is 90.3 Å². The second kappa shape index (κ2) is 13.6. The van der Waals surface area contributed by atoms with E-state index in [1.807, 2.05) is 0 Å². The van der Waals surface area contributed by atoms with Gasteiger partial charge in [-0.3, -0.25) is 0 Å². The lowest BCUT2D eigenvalue weighted by molar-refractivity contribution is 0.145. The first kappa shape index (κ1) is 32.9. The number of nitrogens with two attached hydrogens (primary N) is 1. The predicted molar refractivity (Wildman–Crippen MR) is 224 cm³/mol. The van der Waals surface area contributed by atoms with Crippen molar-refractivity contribution in [2.45, 2.75) is 58.5 Å². The van der Waals surface area contributed by atoms with Crippen molar-refractivity contribution in [2.75, 3.05) is 5.73 Å². The number of hydrogen-bond donors (Lipinski definition) is 1. The number of rotatable bonds is 6. The van der Waals surface area contributed by atoms with E-state index in [0.717, 1.165) is 75.5 Å². The SMILES string of the molecule is CC(C)=C(C)C(=Nc1c(N)c2ccccc2c2ccccc12)c1cccc(C2=CCC=C(c3cccc([C@H]4C=CC=C5C6=C(CCC=C6)OC54)c3)C2)c1. The van der Waals surface area contributed by atoms with Crippen LogP contribution in [0.2, 0.25) is 0 Å². The van der Waals surface area contributed by atoms with Gasteiger partial charge in [0.15, 0.2) is 0 Å². The van der Waals surface area contributed by atoms with Crippen LogP contribution in [0, 0.1) is 0 Å². The van der Waals surface area contributed by atoms with Crippen LogP contribution in [0.4, 0.5) is 11.4 Å². The first-order valence-electron chi connectivity index (χ1n) is 18.9. The van der Waals surface area contributed by atoms with Crippen LogP contribution in [0.25, 0.3) is 32.7 Å². The number of nitrogens with zero attached hydrogens (tertiary/aromatic N) is 1. The van der Waals surface area contributed by atoms with Crippen LogP contribution in [-0.4, -0.2) is 11.8 Å². The highest BCUT2D eigenvalue weighted by molar-refractivity contribution is 6.22. The average Bonchev–Trinajstić information content (AvgIpc) is 3.60. The van der Waals surface area contributed by atoms with Gasteiger partial charge in [0.2, 0.25) is 0 Å². The smallest absolute Gasteiger partial charge is 0.134 e. The zero-order chi connectivity index (χ0) is 36.1. The summed E-state index contributed by atoms with van der Waals surface area (Å²) in [6, 6.07) is 34.9. The zero-order valence-corrected chi connectivity index (χ0v) is 30.7. The molecule has 260 valence electrons. The Hall–Kier alpha value is -5.93. The van der Waals surface area contributed by atoms with Gasteiger partial charge >= 0.3 is 0 Å². The van der Waals surface area contributed by atoms with Gasteiger partial charge in [-0.1, -0.05) is 139 Å². The summed E-state index contributed by atoms with van der Waals surface area (Å²) in [5, 5.41) is 4.41. The third-order valence-electron chi connectivity index (χ3n) is 11.5. The lowest BCUT2D eigenvalue weighted by Gasteiger charge is -2.26. The third kappa shape index (κ3) is 5.91. The molecule has 5 aromatic rings. The Morgan fingerprint density at radius 2 is 1.47 bits per heavy atom. The summed E-state index contributed by atoms with van der Waals surface area (Å²) >= 11 is 0. The number of ether oxygens (including phenoxy) is 1. The van der Waals surface area contributed by atoms with E-state index in [2.05, 4.69) is 160 Å². The van der Waals surface area contributed by atoms with E-state index in [1.165, 1.54) is 44.6 Å². The summed E-state index contributed by atoms with van der Waals surface area (Å²) < 4.78 is 6.61. The molecule has 53 heavy (non-hydrogen) atoms. The fraction of sp³-hybridized carbons (Fsp3) is 0.180. The van der Waals surface area contributed by atoms with Crippen molar-refractivity contribution >= 4 is 49.8 Å². The van der Waals surface area contributed by atoms with Gasteiger partial charge in [-0.15, -0.1) is 0 Å². The number of anilines is 1. The van der Waals surface area contributed by atoms with E-state index in [-0.39, 0.29) is 12.0 Å². The number of hydrogen-bond acceptors (Lipinski definition) is 3. The quantitative estimate of drug-likeness (QED) is 0.110. The van der Waals surface area contributed by atoms with Crippen LogP contribution in [0.15, 0.2) is 173 Å². The fourth-order valence-electron chi connectivity index (χ4n) is 8.44. The Balaban J connectivity index is 1.03. The summed E-state index contributed by atoms with van der Waals surface area (Å²) in [6.07, 6.45) is 19.9. The first-order valence-corrected chi connectivity index (χ1v) is 18.9. The lowest BCUT2D eigenvalue weighted by atomic mass is 9.81. The molecular weight excluding hydrogens is 645 g/mol. The molecule has 2 atom stereocenters. The largest absolute Gasteiger partial charge is 0.488 e. The molecule has 1 aliphatic heterocycles. The molecule has 5 aromatic carbocycles. The van der Waals surface area contributed by atoms with Gasteiger partial charge in [-0.2, -0.15) is 0 Å². The van der Waals surface area contributed by atoms with Crippen molar-refractivity contribution in [1.29, 1.82) is 0 Å². The molecule has 0 saturated carbocycles. The fourth-order valence-corrected chi connectivity index (χ4v) is 8.44. The summed E-state index contributed by atoms with van der Waals surface area (Å²) in [5.74, 6) is 1.34. The number of nitrogen functional groups attached to an aromatic ring is 1. The predicted octanol–water partition coefficient (Wildman–Crippen LogP) is 12.9. The molecule has 0 amide bonds. The van der Waals surface area contributed by atoms with E-state index in [0.29, 0.717) is 5.69 Å². The molecule has 0 fully saturated rings. The Kier molecular flexibility index (Phi) is 8.43. The molecule has 4 aliphatic rings. The van der Waals surface area contributed by atoms with Gasteiger partial charge in [0.1, 0.15) is 11.9 Å². The van der Waals surface area contributed by atoms with Crippen molar-refractivity contribution in [1.82, 2.24) is 0 Å². The highest BCUT2D eigenvalue weighted by Gasteiger charge is 2.37. The van der Waals surface area contributed by atoms with E-state index in [9.17, 15) is 0 Å². The lowest BCUT2D eigenvalue weighted by Crippen LogP contribution is -2.21. The third-order valence-corrected chi connectivity index (χ3v) is 11.5. The standard InChI is InChI=1S/C50H44N2O/c1-31(2)32(3)48(52-49-44-24-7-5-21-41(44)40-20-4-6-23-43(40)47(49)51)38-19-12-17-36(30-38)34-15-10-14-33(28-34)35-16-11-18-37(29-35)39-25-13-26-45-42-22-8-9-27-46(42)53-50(39)45/h4-8,11-26,29-30,39,50H,9-10,27-28,51H2,1-3H3/t39-,50?/m1/s1. The number of benzene rings is 5. The van der Waals surface area contributed by atoms with Crippen molar-refractivity contribution in [3.63, 3.8) is 0 Å². The van der Waals surface area contributed by atoms with E-state index in [1.54, 1.807) is 0 Å². The number of allylic oxidation sites excluding steroid dienone is 11. The van der Waals surface area contributed by atoms with E-state index in [4.69, 9.17) is 15.5 Å². The highest BCUT2D eigenvalue weighted by Crippen LogP contribution is 2.46. The number of aliphatic imine (C=N–C) groups is 1. The second-order valence-corrected chi connectivity index (χ2v) is 14.9. The van der Waals surface area contributed by atoms with E-state index >= 15 is 0 Å². The summed E-state index contributed by atoms with van der Waals surface area (Å²) in [7, 11) is 0. The van der Waals surface area contributed by atoms with Gasteiger partial charge < -0.3 is 10.5 Å². The summed E-state index contributed by atoms with van der Waals surface area (Å²) in [4.78, 5) is 5.45. The maximum atomic E-state index is 6.96. The van der Waals surface area contributed by atoms with Crippen LogP contribution >= 0.6 is 0 Å². The van der Waals surface area contributed by atoms with Gasteiger partial charge in [-0.25, -0.2) is 4.99 Å². The minimum absolute atomic E-state index is 0.0459. The average molecular weight is 689 g/mol. The Bertz CT molecular complexity index is 2580. The molecule has 9 rings (SSSR count).